The van der Waals surface area contributed by atoms with Gasteiger partial charge in [-0.15, -0.1) is 0 Å². The summed E-state index contributed by atoms with van der Waals surface area (Å²) in [6, 6.07) is 32.0. The van der Waals surface area contributed by atoms with Crippen LogP contribution in [0.25, 0.3) is 0 Å². The number of fused-ring (bicyclic) bond motifs is 4. The lowest BCUT2D eigenvalue weighted by atomic mass is 9.94. The molecule has 0 bridgehead atoms. The van der Waals surface area contributed by atoms with Gasteiger partial charge in [0.2, 0.25) is 0 Å². The quantitative estimate of drug-likeness (QED) is 0.310. The Morgan fingerprint density at radius 1 is 0.806 bits per heavy atom. The van der Waals surface area contributed by atoms with Crippen molar-refractivity contribution in [3.05, 3.63) is 138 Å². The van der Waals surface area contributed by atoms with E-state index >= 15 is 4.57 Å². The van der Waals surface area contributed by atoms with Crippen molar-refractivity contribution in [1.82, 2.24) is 0 Å². The molecule has 0 fully saturated rings. The molecule has 3 nitrogen and oxygen atoms in total. The number of rotatable bonds is 2. The van der Waals surface area contributed by atoms with Gasteiger partial charge in [0.1, 0.15) is 0 Å². The molecule has 4 unspecified atom stereocenters. The first kappa shape index (κ1) is 19.7. The van der Waals surface area contributed by atoms with E-state index in [0.29, 0.717) is 21.3 Å². The highest BCUT2D eigenvalue weighted by atomic mass is 32.2. The Bertz CT molecular complexity index is 1680. The maximum Gasteiger partial charge on any atom is 0.152 e. The van der Waals surface area contributed by atoms with Gasteiger partial charge in [0.05, 0.1) is 26.6 Å². The molecule has 176 valence electrons. The normalized spacial score (nSPS) is 27.9. The van der Waals surface area contributed by atoms with E-state index in [1.807, 2.05) is 121 Å². The van der Waals surface area contributed by atoms with E-state index in [1.165, 1.54) is 0 Å². The van der Waals surface area contributed by atoms with Gasteiger partial charge in [-0.2, -0.15) is 0 Å². The van der Waals surface area contributed by atoms with Crippen molar-refractivity contribution in [1.29, 1.82) is 0 Å². The SMILES string of the molecule is [2H]C1([2H])c2ccccc2N(C2=CC3C(C=C2)S(=O)c2ccccc2P3(=O)c2ccccc2)c2ccccc21. The minimum absolute atomic E-state index is 0.429. The summed E-state index contributed by atoms with van der Waals surface area (Å²) < 4.78 is 47.0. The summed E-state index contributed by atoms with van der Waals surface area (Å²) in [5.41, 5.74) is 2.96. The van der Waals surface area contributed by atoms with E-state index in [0.717, 1.165) is 22.4 Å². The zero-order valence-corrected chi connectivity index (χ0v) is 21.0. The molecule has 0 spiro atoms. The topological polar surface area (TPSA) is 37.4 Å². The molecule has 4 aromatic rings. The van der Waals surface area contributed by atoms with E-state index in [9.17, 15) is 4.21 Å². The molecule has 0 aromatic heterocycles. The van der Waals surface area contributed by atoms with Crippen molar-refractivity contribution < 1.29 is 11.5 Å². The third kappa shape index (κ3) is 3.11. The molecule has 0 saturated carbocycles. The van der Waals surface area contributed by atoms with Crippen LogP contribution < -0.4 is 15.5 Å². The highest BCUT2D eigenvalue weighted by Crippen LogP contribution is 2.57. The van der Waals surface area contributed by atoms with E-state index in [2.05, 4.69) is 4.90 Å². The summed E-state index contributed by atoms with van der Waals surface area (Å²) >= 11 is 0. The van der Waals surface area contributed by atoms with Crippen LogP contribution in [-0.2, 0) is 21.7 Å². The zero-order valence-electron chi connectivity index (χ0n) is 21.3. The summed E-state index contributed by atoms with van der Waals surface area (Å²) in [7, 11) is -4.59. The van der Waals surface area contributed by atoms with Crippen molar-refractivity contribution in [2.45, 2.75) is 22.2 Å². The standard InChI is InChI=1S/C31H24NO2PS/c33-35(25-12-2-1-3-13-25)28-16-8-9-17-30(28)36(34)31-19-18-24(21-29(31)35)32-26-14-6-4-10-22(26)20-23-11-5-7-15-27(23)32/h1-19,21,29,31H,20H2/i20D2. The second kappa shape index (κ2) is 8.30. The van der Waals surface area contributed by atoms with Crippen LogP contribution in [0.3, 0.4) is 0 Å². The van der Waals surface area contributed by atoms with Crippen molar-refractivity contribution in [3.63, 3.8) is 0 Å². The fourth-order valence-electron chi connectivity index (χ4n) is 5.56. The van der Waals surface area contributed by atoms with Gasteiger partial charge in [-0.05, 0) is 47.5 Å². The maximum absolute atomic E-state index is 15.3. The number of para-hydroxylation sites is 2. The number of anilines is 2. The largest absolute Gasteiger partial charge is 0.313 e. The van der Waals surface area contributed by atoms with Gasteiger partial charge >= 0.3 is 0 Å². The van der Waals surface area contributed by atoms with Gasteiger partial charge in [-0.3, -0.25) is 4.21 Å². The first-order valence-corrected chi connectivity index (χ1v) is 15.0. The Hall–Kier alpha value is -3.46. The lowest BCUT2D eigenvalue weighted by Crippen LogP contribution is -2.43. The first-order chi connectivity index (χ1) is 18.4. The predicted molar refractivity (Wildman–Crippen MR) is 149 cm³/mol. The Morgan fingerprint density at radius 3 is 2.14 bits per heavy atom. The molecule has 1 aliphatic carbocycles. The Morgan fingerprint density at radius 2 is 1.42 bits per heavy atom. The number of benzene rings is 4. The van der Waals surface area contributed by atoms with Crippen LogP contribution in [-0.4, -0.2) is 15.1 Å². The van der Waals surface area contributed by atoms with Gasteiger partial charge in [0, 0.05) is 36.8 Å². The summed E-state index contributed by atoms with van der Waals surface area (Å²) in [6.45, 7) is 0. The fourth-order valence-corrected chi connectivity index (χ4v) is 11.6. The van der Waals surface area contributed by atoms with E-state index in [1.54, 1.807) is 0 Å². The third-order valence-electron chi connectivity index (χ3n) is 7.20. The van der Waals surface area contributed by atoms with Crippen LogP contribution >= 0.6 is 7.14 Å². The molecular weight excluding hydrogens is 481 g/mol. The minimum atomic E-state index is -3.23. The second-order valence-electron chi connectivity index (χ2n) is 9.16. The molecule has 7 rings (SSSR count). The molecule has 2 heterocycles. The minimum Gasteiger partial charge on any atom is -0.313 e. The number of hydrogen-bond donors (Lipinski definition) is 0. The molecule has 0 amide bonds. The second-order valence-corrected chi connectivity index (χ2v) is 13.6. The molecule has 5 heteroatoms. The van der Waals surface area contributed by atoms with E-state index in [-0.39, 0.29) is 0 Å². The molecule has 36 heavy (non-hydrogen) atoms. The zero-order chi connectivity index (χ0) is 26.1. The number of nitrogens with zero attached hydrogens (tertiary/aromatic N) is 1. The average Bonchev–Trinajstić information content (AvgIpc) is 2.96. The number of allylic oxidation sites excluding steroid dienone is 2. The molecule has 0 saturated heterocycles. The Kier molecular flexibility index (Phi) is 4.54. The molecule has 4 atom stereocenters. The van der Waals surface area contributed by atoms with Gasteiger partial charge in [-0.25, -0.2) is 0 Å². The summed E-state index contributed by atoms with van der Waals surface area (Å²) in [6.07, 6.45) is 4.25. The van der Waals surface area contributed by atoms with Crippen LogP contribution in [0.5, 0.6) is 0 Å². The summed E-state index contributed by atoms with van der Waals surface area (Å²) in [4.78, 5) is 2.70. The first-order valence-electron chi connectivity index (χ1n) is 13.0. The molecule has 0 radical (unpaired) electrons. The summed E-state index contributed by atoms with van der Waals surface area (Å²) in [5.74, 6) is 0. The molecule has 4 aromatic carbocycles. The fraction of sp³-hybridized carbons (Fsp3) is 0.0968. The lowest BCUT2D eigenvalue weighted by Gasteiger charge is -2.41. The van der Waals surface area contributed by atoms with Crippen LogP contribution in [0.2, 0.25) is 0 Å². The highest BCUT2D eigenvalue weighted by molar-refractivity contribution is 7.91. The maximum atomic E-state index is 15.3. The van der Waals surface area contributed by atoms with Crippen molar-refractivity contribution in [2.24, 2.45) is 0 Å². The van der Waals surface area contributed by atoms with Crippen molar-refractivity contribution in [2.75, 3.05) is 4.90 Å². The van der Waals surface area contributed by atoms with Crippen LogP contribution in [0.1, 0.15) is 13.9 Å². The van der Waals surface area contributed by atoms with Gasteiger partial charge in [0.25, 0.3) is 0 Å². The van der Waals surface area contributed by atoms with Crippen LogP contribution in [0, 0.1) is 0 Å². The molecular formula is C31H24NO2PS. The van der Waals surface area contributed by atoms with Gasteiger partial charge < -0.3 is 9.46 Å². The summed E-state index contributed by atoms with van der Waals surface area (Å²) in [5, 5.41) is 0.981. The van der Waals surface area contributed by atoms with E-state index < -0.39 is 35.2 Å². The van der Waals surface area contributed by atoms with E-state index in [4.69, 9.17) is 2.74 Å². The van der Waals surface area contributed by atoms with Crippen molar-refractivity contribution >= 4 is 39.9 Å². The Labute approximate surface area is 216 Å². The van der Waals surface area contributed by atoms with Crippen molar-refractivity contribution in [3.8, 4) is 0 Å². The van der Waals surface area contributed by atoms with Gasteiger partial charge in [0.15, 0.2) is 7.14 Å². The van der Waals surface area contributed by atoms with Gasteiger partial charge in [-0.1, -0.05) is 84.9 Å². The van der Waals surface area contributed by atoms with Crippen LogP contribution in [0.4, 0.5) is 11.4 Å². The number of hydrogen-bond acceptors (Lipinski definition) is 3. The third-order valence-corrected chi connectivity index (χ3v) is 12.8. The smallest absolute Gasteiger partial charge is 0.152 e. The predicted octanol–water partition coefficient (Wildman–Crippen LogP) is 6.06. The lowest BCUT2D eigenvalue weighted by molar-refractivity contribution is 0.580. The highest BCUT2D eigenvalue weighted by Gasteiger charge is 2.49. The Balaban J connectivity index is 1.47. The average molecular weight is 508 g/mol. The molecule has 2 aliphatic heterocycles. The molecule has 0 N–H and O–H groups in total. The molecule has 3 aliphatic rings. The monoisotopic (exact) mass is 507 g/mol. The van der Waals surface area contributed by atoms with Crippen LogP contribution in [0.15, 0.2) is 132 Å².